The number of carbonyl (C=O) groups excluding carboxylic acids is 3. The van der Waals surface area contributed by atoms with E-state index in [0.29, 0.717) is 11.3 Å². The van der Waals surface area contributed by atoms with Crippen LogP contribution in [0.4, 0.5) is 0 Å². The Hall–Kier alpha value is -4.71. The maximum absolute atomic E-state index is 13.4. The number of nitrogens with zero attached hydrogens (tertiary/aromatic N) is 1. The fourth-order valence-electron chi connectivity index (χ4n) is 4.18. The third-order valence-electron chi connectivity index (χ3n) is 6.48. The number of aliphatic carboxylic acids is 1. The first-order chi connectivity index (χ1) is 19.5. The average Bonchev–Trinajstić information content (AvgIpc) is 3.45. The highest BCUT2D eigenvalue weighted by Gasteiger charge is 2.32. The molecule has 218 valence electrons. The number of H-pyrrole nitrogens is 1. The van der Waals surface area contributed by atoms with Crippen LogP contribution in [0.5, 0.6) is 5.75 Å². The van der Waals surface area contributed by atoms with Gasteiger partial charge in [-0.2, -0.15) is 0 Å². The van der Waals surface area contributed by atoms with Crippen LogP contribution in [0.15, 0.2) is 67.1 Å². The van der Waals surface area contributed by atoms with Crippen molar-refractivity contribution < 1.29 is 29.4 Å². The van der Waals surface area contributed by atoms with Crippen LogP contribution >= 0.6 is 0 Å². The smallest absolute Gasteiger partial charge is 0.326 e. The van der Waals surface area contributed by atoms with Crippen molar-refractivity contribution in [3.63, 3.8) is 0 Å². The molecule has 0 aliphatic rings. The fourth-order valence-corrected chi connectivity index (χ4v) is 4.18. The zero-order chi connectivity index (χ0) is 29.9. The highest BCUT2D eigenvalue weighted by atomic mass is 16.4. The van der Waals surface area contributed by atoms with Crippen LogP contribution in [-0.2, 0) is 38.4 Å². The van der Waals surface area contributed by atoms with Crippen LogP contribution in [0.3, 0.4) is 0 Å². The lowest BCUT2D eigenvalue weighted by atomic mass is 10.00. The lowest BCUT2D eigenvalue weighted by Gasteiger charge is -2.27. The van der Waals surface area contributed by atoms with Gasteiger partial charge in [-0.15, -0.1) is 0 Å². The van der Waals surface area contributed by atoms with E-state index in [1.165, 1.54) is 24.7 Å². The Kier molecular flexibility index (Phi) is 11.0. The predicted molar refractivity (Wildman–Crippen MR) is 150 cm³/mol. The van der Waals surface area contributed by atoms with Crippen molar-refractivity contribution in [2.24, 2.45) is 11.7 Å². The number of rotatable bonds is 14. The van der Waals surface area contributed by atoms with Crippen molar-refractivity contribution in [1.29, 1.82) is 0 Å². The van der Waals surface area contributed by atoms with E-state index in [-0.39, 0.29) is 25.0 Å². The number of benzene rings is 2. The molecule has 8 N–H and O–H groups in total. The number of phenols is 1. The van der Waals surface area contributed by atoms with Crippen LogP contribution in [0, 0.1) is 5.92 Å². The number of phenolic OH excluding ortho intramolecular Hbond substituents is 1. The number of carbonyl (C=O) groups is 4. The van der Waals surface area contributed by atoms with E-state index >= 15 is 0 Å². The van der Waals surface area contributed by atoms with Crippen LogP contribution in [0.25, 0.3) is 0 Å². The number of carboxylic acids is 1. The number of imidazole rings is 1. The minimum Gasteiger partial charge on any atom is -0.508 e. The van der Waals surface area contributed by atoms with Gasteiger partial charge in [-0.1, -0.05) is 56.3 Å². The Labute approximate surface area is 237 Å². The first kappa shape index (κ1) is 30.8. The van der Waals surface area contributed by atoms with Gasteiger partial charge in [0, 0.05) is 24.7 Å². The summed E-state index contributed by atoms with van der Waals surface area (Å²) >= 11 is 0. The quantitative estimate of drug-likeness (QED) is 0.148. The molecule has 0 spiro atoms. The molecule has 3 aromatic rings. The number of aromatic amines is 1. The summed E-state index contributed by atoms with van der Waals surface area (Å²) in [6.07, 6.45) is 3.25. The van der Waals surface area contributed by atoms with Crippen LogP contribution < -0.4 is 21.7 Å². The maximum atomic E-state index is 13.4. The number of aromatic nitrogens is 2. The molecule has 0 aliphatic carbocycles. The Morgan fingerprint density at radius 2 is 1.46 bits per heavy atom. The molecule has 0 fully saturated rings. The molecule has 1 heterocycles. The van der Waals surface area contributed by atoms with Gasteiger partial charge in [-0.05, 0) is 35.6 Å². The summed E-state index contributed by atoms with van der Waals surface area (Å²) in [5, 5.41) is 27.0. The summed E-state index contributed by atoms with van der Waals surface area (Å²) in [6.45, 7) is 3.41. The fraction of sp³-hybridized carbons (Fsp3) is 0.345. The molecule has 0 aliphatic heterocycles. The molecule has 0 bridgehead atoms. The topological polar surface area (TPSA) is 200 Å². The Morgan fingerprint density at radius 1 is 0.829 bits per heavy atom. The second kappa shape index (κ2) is 14.6. The van der Waals surface area contributed by atoms with Gasteiger partial charge < -0.3 is 36.9 Å². The van der Waals surface area contributed by atoms with E-state index in [1.54, 1.807) is 26.0 Å². The minimum atomic E-state index is -1.28. The highest BCUT2D eigenvalue weighted by Crippen LogP contribution is 2.12. The molecule has 4 unspecified atom stereocenters. The number of amides is 3. The summed E-state index contributed by atoms with van der Waals surface area (Å²) < 4.78 is 0. The Morgan fingerprint density at radius 3 is 2.05 bits per heavy atom. The van der Waals surface area contributed by atoms with Gasteiger partial charge in [0.25, 0.3) is 0 Å². The molecular weight excluding hydrogens is 528 g/mol. The first-order valence-corrected chi connectivity index (χ1v) is 13.2. The molecule has 2 aromatic carbocycles. The van der Waals surface area contributed by atoms with Crippen molar-refractivity contribution in [3.05, 3.63) is 83.9 Å². The summed E-state index contributed by atoms with van der Waals surface area (Å²) in [5.74, 6) is -3.50. The van der Waals surface area contributed by atoms with Crippen LogP contribution in [0.2, 0.25) is 0 Å². The summed E-state index contributed by atoms with van der Waals surface area (Å²) in [5.41, 5.74) is 8.16. The van der Waals surface area contributed by atoms with Crippen molar-refractivity contribution in [3.8, 4) is 5.75 Å². The van der Waals surface area contributed by atoms with E-state index in [4.69, 9.17) is 5.73 Å². The van der Waals surface area contributed by atoms with Gasteiger partial charge in [0.05, 0.1) is 12.4 Å². The molecular formula is C29H36N6O6. The van der Waals surface area contributed by atoms with E-state index in [1.807, 2.05) is 30.3 Å². The van der Waals surface area contributed by atoms with Crippen molar-refractivity contribution in [2.75, 3.05) is 0 Å². The minimum absolute atomic E-state index is 0.0298. The normalized spacial score (nSPS) is 14.0. The van der Waals surface area contributed by atoms with Crippen molar-refractivity contribution >= 4 is 23.7 Å². The molecule has 1 aromatic heterocycles. The summed E-state index contributed by atoms with van der Waals surface area (Å²) in [4.78, 5) is 58.3. The standard InChI is InChI=1S/C29H36N6O6/c1-17(2)25(28(39)34-24(29(40)41)13-19-8-10-21(36)11-9-19)35-27(38)23(14-20-15-31-16-32-20)33-26(37)22(30)12-18-6-4-3-5-7-18/h3-11,15-17,22-25,36H,12-14,30H2,1-2H3,(H,31,32)(H,33,37)(H,34,39)(H,35,38)(H,40,41). The van der Waals surface area contributed by atoms with Crippen molar-refractivity contribution in [2.45, 2.75) is 57.3 Å². The zero-order valence-electron chi connectivity index (χ0n) is 22.9. The Balaban J connectivity index is 1.71. The first-order valence-electron chi connectivity index (χ1n) is 13.2. The van der Waals surface area contributed by atoms with E-state index in [9.17, 15) is 29.4 Å². The van der Waals surface area contributed by atoms with Crippen molar-refractivity contribution in [1.82, 2.24) is 25.9 Å². The van der Waals surface area contributed by atoms with Gasteiger partial charge in [0.15, 0.2) is 0 Å². The Bertz CT molecular complexity index is 1300. The van der Waals surface area contributed by atoms with Crippen LogP contribution in [0.1, 0.15) is 30.7 Å². The number of nitrogens with one attached hydrogen (secondary N) is 4. The molecule has 3 amide bonds. The van der Waals surface area contributed by atoms with Gasteiger partial charge in [0.2, 0.25) is 17.7 Å². The van der Waals surface area contributed by atoms with Gasteiger partial charge >= 0.3 is 5.97 Å². The van der Waals surface area contributed by atoms with Gasteiger partial charge in [0.1, 0.15) is 23.9 Å². The van der Waals surface area contributed by atoms with E-state index in [2.05, 4.69) is 25.9 Å². The third kappa shape index (κ3) is 9.46. The molecule has 0 radical (unpaired) electrons. The van der Waals surface area contributed by atoms with Gasteiger partial charge in [-0.25, -0.2) is 9.78 Å². The maximum Gasteiger partial charge on any atom is 0.326 e. The monoisotopic (exact) mass is 564 g/mol. The molecule has 4 atom stereocenters. The molecule has 12 nitrogen and oxygen atoms in total. The summed E-state index contributed by atoms with van der Waals surface area (Å²) in [6, 6.07) is 10.8. The third-order valence-corrected chi connectivity index (χ3v) is 6.48. The number of hydrogen-bond donors (Lipinski definition) is 7. The molecule has 3 rings (SSSR count). The SMILES string of the molecule is CC(C)C(NC(=O)C(Cc1cnc[nH]1)NC(=O)C(N)Cc1ccccc1)C(=O)NC(Cc1ccc(O)cc1)C(=O)O. The van der Waals surface area contributed by atoms with Crippen LogP contribution in [-0.4, -0.2) is 68.0 Å². The van der Waals surface area contributed by atoms with E-state index < -0.39 is 53.8 Å². The molecule has 0 saturated heterocycles. The number of hydrogen-bond acceptors (Lipinski definition) is 7. The van der Waals surface area contributed by atoms with E-state index in [0.717, 1.165) is 5.56 Å². The largest absolute Gasteiger partial charge is 0.508 e. The van der Waals surface area contributed by atoms with Gasteiger partial charge in [-0.3, -0.25) is 14.4 Å². The predicted octanol–water partition coefficient (Wildman–Crippen LogP) is 0.666. The molecule has 41 heavy (non-hydrogen) atoms. The number of carboxylic acid groups (broad SMARTS) is 1. The average molecular weight is 565 g/mol. The lowest BCUT2D eigenvalue weighted by Crippen LogP contribution is -2.59. The number of aromatic hydroxyl groups is 1. The lowest BCUT2D eigenvalue weighted by molar-refractivity contribution is -0.142. The number of nitrogens with two attached hydrogens (primary N) is 1. The zero-order valence-corrected chi connectivity index (χ0v) is 22.9. The molecule has 0 saturated carbocycles. The second-order valence-corrected chi connectivity index (χ2v) is 10.1. The molecule has 12 heteroatoms. The highest BCUT2D eigenvalue weighted by molar-refractivity contribution is 5.94. The second-order valence-electron chi connectivity index (χ2n) is 10.1. The summed E-state index contributed by atoms with van der Waals surface area (Å²) in [7, 11) is 0.